The fourth-order valence-corrected chi connectivity index (χ4v) is 0.966. The summed E-state index contributed by atoms with van der Waals surface area (Å²) < 4.78 is 11.7. The zero-order chi connectivity index (χ0) is 7.28. The van der Waals surface area contributed by atoms with Crippen LogP contribution in [0.25, 0.3) is 0 Å². The van der Waals surface area contributed by atoms with E-state index >= 15 is 0 Å². The molecule has 0 aromatic heterocycles. The van der Waals surface area contributed by atoms with E-state index in [0.717, 1.165) is 5.33 Å². The first-order chi connectivity index (χ1) is 4.22. The highest BCUT2D eigenvalue weighted by atomic mass is 79.9. The third-order valence-electron chi connectivity index (χ3n) is 1.41. The van der Waals surface area contributed by atoms with Gasteiger partial charge in [-0.1, -0.05) is 15.9 Å². The molecule has 1 atom stereocenters. The molecule has 1 unspecified atom stereocenters. The Labute approximate surface area is 64.4 Å². The van der Waals surface area contributed by atoms with Crippen molar-refractivity contribution in [1.29, 1.82) is 0 Å². The molecule has 0 rings (SSSR count). The molecule has 1 nitrogen and oxygen atoms in total. The van der Waals surface area contributed by atoms with Crippen LogP contribution in [-0.2, 0) is 0 Å². The molecule has 0 heterocycles. The van der Waals surface area contributed by atoms with E-state index in [1.165, 1.54) is 0 Å². The third kappa shape index (κ3) is 3.87. The zero-order valence-corrected chi connectivity index (χ0v) is 7.49. The Morgan fingerprint density at radius 2 is 2.22 bits per heavy atom. The highest BCUT2D eigenvalue weighted by Crippen LogP contribution is 1.98. The molecule has 0 aliphatic heterocycles. The first kappa shape index (κ1) is 9.37. The third-order valence-corrected chi connectivity index (χ3v) is 2.35. The van der Waals surface area contributed by atoms with Crippen molar-refractivity contribution in [2.24, 2.45) is 0 Å². The van der Waals surface area contributed by atoms with Crippen LogP contribution in [0.1, 0.15) is 6.92 Å². The fraction of sp³-hybridized carbons (Fsp3) is 1.00. The van der Waals surface area contributed by atoms with Crippen LogP contribution in [0.3, 0.4) is 0 Å². The van der Waals surface area contributed by atoms with Crippen LogP contribution in [0, 0.1) is 0 Å². The van der Waals surface area contributed by atoms with Gasteiger partial charge in [0.2, 0.25) is 0 Å². The second-order valence-electron chi connectivity index (χ2n) is 2.17. The van der Waals surface area contributed by atoms with Crippen LogP contribution in [0.4, 0.5) is 4.39 Å². The Morgan fingerprint density at radius 3 is 2.56 bits per heavy atom. The molecule has 0 radical (unpaired) electrons. The molecule has 0 aromatic carbocycles. The molecule has 0 spiro atoms. The molecular weight excluding hydrogens is 185 g/mol. The van der Waals surface area contributed by atoms with Gasteiger partial charge in [-0.25, -0.2) is 4.39 Å². The average molecular weight is 198 g/mol. The topological polar surface area (TPSA) is 3.24 Å². The molecule has 0 N–H and O–H groups in total. The van der Waals surface area contributed by atoms with Gasteiger partial charge < -0.3 is 4.90 Å². The van der Waals surface area contributed by atoms with Gasteiger partial charge in [0.05, 0.1) is 0 Å². The monoisotopic (exact) mass is 197 g/mol. The maximum atomic E-state index is 11.7. The number of nitrogens with zero attached hydrogens (tertiary/aromatic N) is 1. The lowest BCUT2D eigenvalue weighted by Crippen LogP contribution is -2.31. The smallest absolute Gasteiger partial charge is 0.102 e. The highest BCUT2D eigenvalue weighted by molar-refractivity contribution is 9.09. The summed E-state index contributed by atoms with van der Waals surface area (Å²) in [6, 6.07) is 0.431. The van der Waals surface area contributed by atoms with Crippen LogP contribution in [-0.4, -0.2) is 36.5 Å². The predicted molar refractivity (Wildman–Crippen MR) is 41.9 cm³/mol. The zero-order valence-electron chi connectivity index (χ0n) is 5.90. The van der Waals surface area contributed by atoms with E-state index in [1.807, 2.05) is 11.9 Å². The summed E-state index contributed by atoms with van der Waals surface area (Å²) in [6.45, 7) is 2.34. The SMILES string of the molecule is CC(CBr)N(C)CCF. The highest BCUT2D eigenvalue weighted by Gasteiger charge is 2.04. The summed E-state index contributed by atoms with van der Waals surface area (Å²) in [4.78, 5) is 1.98. The van der Waals surface area contributed by atoms with Crippen LogP contribution >= 0.6 is 15.9 Å². The summed E-state index contributed by atoms with van der Waals surface area (Å²) in [6.07, 6.45) is 0. The standard InChI is InChI=1S/C6H13BrFN/c1-6(5-7)9(2)4-3-8/h6H,3-5H2,1-2H3. The Balaban J connectivity index is 3.32. The summed E-state index contributed by atoms with van der Waals surface area (Å²) in [5, 5.41) is 0.906. The minimum Gasteiger partial charge on any atom is -0.300 e. The van der Waals surface area contributed by atoms with Gasteiger partial charge in [-0.15, -0.1) is 0 Å². The summed E-state index contributed by atoms with van der Waals surface area (Å²) in [5.74, 6) is 0. The Bertz CT molecular complexity index is 70.1. The van der Waals surface area contributed by atoms with E-state index in [0.29, 0.717) is 12.6 Å². The fourth-order valence-electron chi connectivity index (χ4n) is 0.471. The summed E-state index contributed by atoms with van der Waals surface area (Å²) in [5.41, 5.74) is 0. The number of hydrogen-bond donors (Lipinski definition) is 0. The van der Waals surface area contributed by atoms with E-state index < -0.39 is 0 Å². The lowest BCUT2D eigenvalue weighted by molar-refractivity contribution is 0.252. The van der Waals surface area contributed by atoms with Gasteiger partial charge in [0, 0.05) is 17.9 Å². The molecule has 0 amide bonds. The maximum absolute atomic E-state index is 11.7. The van der Waals surface area contributed by atoms with Crippen molar-refractivity contribution in [3.05, 3.63) is 0 Å². The lowest BCUT2D eigenvalue weighted by atomic mass is 10.3. The Kier molecular flexibility index (Phi) is 5.39. The molecule has 0 aromatic rings. The van der Waals surface area contributed by atoms with Gasteiger partial charge in [-0.3, -0.25) is 0 Å². The second kappa shape index (κ2) is 5.18. The number of rotatable bonds is 4. The Morgan fingerprint density at radius 1 is 1.67 bits per heavy atom. The van der Waals surface area contributed by atoms with E-state index in [4.69, 9.17) is 0 Å². The Hall–Kier alpha value is 0.370. The molecular formula is C6H13BrFN. The number of hydrogen-bond acceptors (Lipinski definition) is 1. The van der Waals surface area contributed by atoms with Crippen LogP contribution < -0.4 is 0 Å². The number of halogens is 2. The van der Waals surface area contributed by atoms with Gasteiger partial charge in [0.25, 0.3) is 0 Å². The van der Waals surface area contributed by atoms with Gasteiger partial charge >= 0.3 is 0 Å². The van der Waals surface area contributed by atoms with Gasteiger partial charge in [-0.05, 0) is 14.0 Å². The van der Waals surface area contributed by atoms with Crippen molar-refractivity contribution in [3.8, 4) is 0 Å². The average Bonchev–Trinajstić information content (AvgIpc) is 1.87. The van der Waals surface area contributed by atoms with Crippen molar-refractivity contribution in [2.75, 3.05) is 25.6 Å². The van der Waals surface area contributed by atoms with Crippen LogP contribution in [0.2, 0.25) is 0 Å². The van der Waals surface area contributed by atoms with Crippen molar-refractivity contribution in [2.45, 2.75) is 13.0 Å². The summed E-state index contributed by atoms with van der Waals surface area (Å²) >= 11 is 3.32. The minimum absolute atomic E-state index is 0.256. The molecule has 0 saturated carbocycles. The minimum atomic E-state index is -0.256. The molecule has 0 saturated heterocycles. The summed E-state index contributed by atoms with van der Waals surface area (Å²) in [7, 11) is 1.92. The lowest BCUT2D eigenvalue weighted by Gasteiger charge is -2.20. The second-order valence-corrected chi connectivity index (χ2v) is 2.82. The van der Waals surface area contributed by atoms with Crippen LogP contribution in [0.15, 0.2) is 0 Å². The van der Waals surface area contributed by atoms with Crippen molar-refractivity contribution in [3.63, 3.8) is 0 Å². The van der Waals surface area contributed by atoms with E-state index in [1.54, 1.807) is 0 Å². The maximum Gasteiger partial charge on any atom is 0.102 e. The van der Waals surface area contributed by atoms with Crippen molar-refractivity contribution < 1.29 is 4.39 Å². The molecule has 3 heteroatoms. The predicted octanol–water partition coefficient (Wildman–Crippen LogP) is 1.67. The van der Waals surface area contributed by atoms with Crippen LogP contribution in [0.5, 0.6) is 0 Å². The first-order valence-electron chi connectivity index (χ1n) is 3.04. The molecule has 0 fully saturated rings. The molecule has 0 aliphatic rings. The normalized spacial score (nSPS) is 14.3. The quantitative estimate of drug-likeness (QED) is 0.621. The van der Waals surface area contributed by atoms with Gasteiger partial charge in [0.15, 0.2) is 0 Å². The molecule has 0 aliphatic carbocycles. The molecule has 56 valence electrons. The first-order valence-corrected chi connectivity index (χ1v) is 4.16. The van der Waals surface area contributed by atoms with Gasteiger partial charge in [-0.2, -0.15) is 0 Å². The van der Waals surface area contributed by atoms with Crippen molar-refractivity contribution in [1.82, 2.24) is 4.90 Å². The van der Waals surface area contributed by atoms with E-state index in [-0.39, 0.29) is 6.67 Å². The van der Waals surface area contributed by atoms with E-state index in [2.05, 4.69) is 22.9 Å². The van der Waals surface area contributed by atoms with Gasteiger partial charge in [0.1, 0.15) is 6.67 Å². The number of alkyl halides is 2. The molecule has 9 heavy (non-hydrogen) atoms. The van der Waals surface area contributed by atoms with Crippen molar-refractivity contribution >= 4 is 15.9 Å². The largest absolute Gasteiger partial charge is 0.300 e. The molecule has 0 bridgehead atoms. The van der Waals surface area contributed by atoms with E-state index in [9.17, 15) is 4.39 Å².